The topological polar surface area (TPSA) is 18.5 Å². The van der Waals surface area contributed by atoms with E-state index in [1.165, 1.54) is 0 Å². The van der Waals surface area contributed by atoms with Crippen molar-refractivity contribution in [1.29, 1.82) is 0 Å². The summed E-state index contributed by atoms with van der Waals surface area (Å²) in [6.07, 6.45) is 9.36. The molecule has 4 aliphatic rings. The molecule has 0 radical (unpaired) electrons. The summed E-state index contributed by atoms with van der Waals surface area (Å²) in [4.78, 5) is 0. The van der Waals surface area contributed by atoms with Crippen LogP contribution in [0.4, 0.5) is 0 Å². The van der Waals surface area contributed by atoms with E-state index in [4.69, 9.17) is 9.47 Å². The van der Waals surface area contributed by atoms with Crippen molar-refractivity contribution in [3.63, 3.8) is 0 Å². The smallest absolute Gasteiger partial charge is 0.0701 e. The second-order valence-electron chi connectivity index (χ2n) is 4.69. The summed E-state index contributed by atoms with van der Waals surface area (Å²) < 4.78 is 9.89. The molecule has 0 N–H and O–H groups in total. The van der Waals surface area contributed by atoms with Crippen molar-refractivity contribution in [2.24, 2.45) is 11.8 Å². The molecule has 0 unspecified atom stereocenters. The zero-order chi connectivity index (χ0) is 9.64. The summed E-state index contributed by atoms with van der Waals surface area (Å²) in [7, 11) is 0. The molecule has 0 atom stereocenters. The zero-order valence-electron chi connectivity index (χ0n) is 9.04. The van der Waals surface area contributed by atoms with E-state index >= 15 is 0 Å². The number of hydrogen-bond acceptors (Lipinski definition) is 2. The minimum absolute atomic E-state index is 0.778. The summed E-state index contributed by atoms with van der Waals surface area (Å²) in [5.74, 6) is 2.31. The van der Waals surface area contributed by atoms with Crippen molar-refractivity contribution in [2.45, 2.75) is 38.5 Å². The standard InChI is InChI=1S/C8H14.C4H8O2/c1-2-8-5-3-7(1)4-6-8;1-2-6-4-3-5-1/h7-8H,1-6H2;1-4H2. The normalized spacial score (nSPS) is 36.0. The van der Waals surface area contributed by atoms with Gasteiger partial charge >= 0.3 is 0 Å². The molecule has 2 heteroatoms. The average Bonchev–Trinajstić information content (AvgIpc) is 2.35. The van der Waals surface area contributed by atoms with Crippen LogP contribution >= 0.6 is 0 Å². The van der Waals surface area contributed by atoms with Crippen LogP contribution in [0.3, 0.4) is 0 Å². The van der Waals surface area contributed by atoms with Gasteiger partial charge in [0.15, 0.2) is 0 Å². The second-order valence-corrected chi connectivity index (χ2v) is 4.69. The van der Waals surface area contributed by atoms with Gasteiger partial charge in [0.05, 0.1) is 26.4 Å². The Morgan fingerprint density at radius 2 is 0.786 bits per heavy atom. The van der Waals surface area contributed by atoms with Crippen LogP contribution in [0, 0.1) is 11.8 Å². The van der Waals surface area contributed by atoms with Gasteiger partial charge in [-0.05, 0) is 11.8 Å². The number of ether oxygens (including phenoxy) is 2. The first kappa shape index (κ1) is 10.4. The van der Waals surface area contributed by atoms with Gasteiger partial charge in [-0.2, -0.15) is 0 Å². The third kappa shape index (κ3) is 3.25. The van der Waals surface area contributed by atoms with Crippen molar-refractivity contribution in [1.82, 2.24) is 0 Å². The lowest BCUT2D eigenvalue weighted by Crippen LogP contribution is -2.21. The van der Waals surface area contributed by atoms with E-state index in [0.717, 1.165) is 38.3 Å². The molecule has 2 bridgehead atoms. The Balaban J connectivity index is 0.000000112. The van der Waals surface area contributed by atoms with Crippen molar-refractivity contribution >= 4 is 0 Å². The van der Waals surface area contributed by atoms with Crippen molar-refractivity contribution in [3.05, 3.63) is 0 Å². The molecular weight excluding hydrogens is 176 g/mol. The van der Waals surface area contributed by atoms with E-state index in [9.17, 15) is 0 Å². The van der Waals surface area contributed by atoms with Gasteiger partial charge in [0.2, 0.25) is 0 Å². The average molecular weight is 198 g/mol. The van der Waals surface area contributed by atoms with Gasteiger partial charge < -0.3 is 9.47 Å². The molecule has 0 aromatic rings. The molecule has 2 nitrogen and oxygen atoms in total. The zero-order valence-corrected chi connectivity index (χ0v) is 9.04. The predicted octanol–water partition coefficient (Wildman–Crippen LogP) is 2.62. The van der Waals surface area contributed by atoms with Crippen molar-refractivity contribution in [3.8, 4) is 0 Å². The predicted molar refractivity (Wildman–Crippen MR) is 56.3 cm³/mol. The first-order valence-electron chi connectivity index (χ1n) is 6.10. The molecule has 0 amide bonds. The number of hydrogen-bond donors (Lipinski definition) is 0. The SMILES string of the molecule is C1CC2CCC1CC2.C1COCCO1. The molecule has 0 spiro atoms. The van der Waals surface area contributed by atoms with Crippen LogP contribution in [0.1, 0.15) is 38.5 Å². The molecule has 1 aliphatic heterocycles. The number of rotatable bonds is 0. The third-order valence-corrected chi connectivity index (χ3v) is 3.69. The van der Waals surface area contributed by atoms with E-state index in [-0.39, 0.29) is 0 Å². The molecule has 4 fully saturated rings. The van der Waals surface area contributed by atoms with E-state index in [1.807, 2.05) is 0 Å². The van der Waals surface area contributed by atoms with E-state index < -0.39 is 0 Å². The Kier molecular flexibility index (Phi) is 4.26. The Morgan fingerprint density at radius 1 is 0.500 bits per heavy atom. The molecule has 0 aromatic carbocycles. The van der Waals surface area contributed by atoms with Crippen LogP contribution in [0.2, 0.25) is 0 Å². The van der Waals surface area contributed by atoms with E-state index in [0.29, 0.717) is 0 Å². The van der Waals surface area contributed by atoms with Gasteiger partial charge in [-0.1, -0.05) is 38.5 Å². The fourth-order valence-corrected chi connectivity index (χ4v) is 2.72. The van der Waals surface area contributed by atoms with Gasteiger partial charge in [0.1, 0.15) is 0 Å². The van der Waals surface area contributed by atoms with Crippen LogP contribution in [-0.4, -0.2) is 26.4 Å². The fourth-order valence-electron chi connectivity index (χ4n) is 2.72. The van der Waals surface area contributed by atoms with Crippen molar-refractivity contribution in [2.75, 3.05) is 26.4 Å². The molecule has 0 aromatic heterocycles. The Labute approximate surface area is 87.0 Å². The van der Waals surface area contributed by atoms with Crippen LogP contribution in [0.15, 0.2) is 0 Å². The largest absolute Gasteiger partial charge is 0.377 e. The molecular formula is C12H22O2. The van der Waals surface area contributed by atoms with Gasteiger partial charge in [0.25, 0.3) is 0 Å². The van der Waals surface area contributed by atoms with E-state index in [2.05, 4.69) is 0 Å². The van der Waals surface area contributed by atoms with Gasteiger partial charge in [-0.15, -0.1) is 0 Å². The van der Waals surface area contributed by atoms with E-state index in [1.54, 1.807) is 38.5 Å². The lowest BCUT2D eigenvalue weighted by Gasteiger charge is -2.35. The highest BCUT2D eigenvalue weighted by Crippen LogP contribution is 2.40. The molecule has 3 saturated carbocycles. The Bertz CT molecular complexity index is 112. The summed E-state index contributed by atoms with van der Waals surface area (Å²) in [6, 6.07) is 0. The van der Waals surface area contributed by atoms with Crippen LogP contribution in [0.5, 0.6) is 0 Å². The monoisotopic (exact) mass is 198 g/mol. The minimum Gasteiger partial charge on any atom is -0.377 e. The highest BCUT2D eigenvalue weighted by Gasteiger charge is 2.26. The van der Waals surface area contributed by atoms with Crippen LogP contribution in [-0.2, 0) is 9.47 Å². The molecule has 3 aliphatic carbocycles. The quantitative estimate of drug-likeness (QED) is 0.595. The van der Waals surface area contributed by atoms with Crippen molar-refractivity contribution < 1.29 is 9.47 Å². The molecule has 82 valence electrons. The van der Waals surface area contributed by atoms with Gasteiger partial charge in [0, 0.05) is 0 Å². The van der Waals surface area contributed by atoms with Crippen LogP contribution < -0.4 is 0 Å². The first-order valence-corrected chi connectivity index (χ1v) is 6.10. The summed E-state index contributed by atoms with van der Waals surface area (Å²) >= 11 is 0. The number of fused-ring (bicyclic) bond motifs is 3. The Hall–Kier alpha value is -0.0800. The van der Waals surface area contributed by atoms with Gasteiger partial charge in [-0.25, -0.2) is 0 Å². The summed E-state index contributed by atoms with van der Waals surface area (Å²) in [5, 5.41) is 0. The maximum absolute atomic E-state index is 4.94. The molecule has 4 rings (SSSR count). The lowest BCUT2D eigenvalue weighted by atomic mass is 9.71. The maximum Gasteiger partial charge on any atom is 0.0701 e. The maximum atomic E-state index is 4.94. The fraction of sp³-hybridized carbons (Fsp3) is 1.00. The first-order chi connectivity index (χ1) is 6.95. The second kappa shape index (κ2) is 5.72. The molecule has 14 heavy (non-hydrogen) atoms. The Morgan fingerprint density at radius 3 is 0.929 bits per heavy atom. The summed E-state index contributed by atoms with van der Waals surface area (Å²) in [5.41, 5.74) is 0. The highest BCUT2D eigenvalue weighted by atomic mass is 16.6. The summed E-state index contributed by atoms with van der Waals surface area (Å²) in [6.45, 7) is 3.11. The molecule has 1 heterocycles. The minimum atomic E-state index is 0.778. The third-order valence-electron chi connectivity index (χ3n) is 3.69. The van der Waals surface area contributed by atoms with Crippen LogP contribution in [0.25, 0.3) is 0 Å². The highest BCUT2D eigenvalue weighted by molar-refractivity contribution is 4.79. The molecule has 1 saturated heterocycles. The van der Waals surface area contributed by atoms with Gasteiger partial charge in [-0.3, -0.25) is 0 Å². The lowest BCUT2D eigenvalue weighted by molar-refractivity contribution is -0.0334.